The molecule has 0 aliphatic carbocycles. The number of carbonyl (C=O) groups excluding carboxylic acids is 1. The van der Waals surface area contributed by atoms with Gasteiger partial charge in [0.2, 0.25) is 0 Å². The van der Waals surface area contributed by atoms with E-state index in [-0.39, 0.29) is 11.9 Å². The number of fused-ring (bicyclic) bond motifs is 1. The van der Waals surface area contributed by atoms with Crippen LogP contribution in [0.2, 0.25) is 0 Å². The lowest BCUT2D eigenvalue weighted by Gasteiger charge is -2.21. The molecule has 1 aliphatic rings. The minimum absolute atomic E-state index is 0.0420. The molecule has 134 valence electrons. The summed E-state index contributed by atoms with van der Waals surface area (Å²) in [6.45, 7) is 3.46. The molecule has 0 radical (unpaired) electrons. The van der Waals surface area contributed by atoms with Crippen LogP contribution in [-0.4, -0.2) is 25.2 Å². The Balaban J connectivity index is 1.61. The zero-order valence-electron chi connectivity index (χ0n) is 14.9. The van der Waals surface area contributed by atoms with Crippen LogP contribution in [0.5, 0.6) is 0 Å². The SMILES string of the molecule is Cc1nn2c(c1C(=O)NC(Cn1ccnc1)c1ccccc1)CCCC2. The molecule has 6 heteroatoms. The number of imidazole rings is 1. The highest BCUT2D eigenvalue weighted by Crippen LogP contribution is 2.23. The third-order valence-electron chi connectivity index (χ3n) is 4.95. The Morgan fingerprint density at radius 2 is 2.12 bits per heavy atom. The summed E-state index contributed by atoms with van der Waals surface area (Å²) >= 11 is 0. The van der Waals surface area contributed by atoms with E-state index in [1.165, 1.54) is 0 Å². The largest absolute Gasteiger partial charge is 0.343 e. The van der Waals surface area contributed by atoms with E-state index in [2.05, 4.69) is 15.4 Å². The average molecular weight is 349 g/mol. The Bertz CT molecular complexity index is 883. The standard InChI is InChI=1S/C20H23N5O/c1-15-19(18-9-5-6-11-25(18)23-15)20(26)22-17(13-24-12-10-21-14-24)16-7-3-2-4-8-16/h2-4,7-8,10,12,14,17H,5-6,9,11,13H2,1H3,(H,22,26). The Hall–Kier alpha value is -2.89. The number of nitrogens with zero attached hydrogens (tertiary/aromatic N) is 4. The summed E-state index contributed by atoms with van der Waals surface area (Å²) in [5.41, 5.74) is 3.71. The second-order valence-corrected chi connectivity index (χ2v) is 6.78. The number of rotatable bonds is 5. The molecule has 0 spiro atoms. The van der Waals surface area contributed by atoms with E-state index in [0.717, 1.165) is 48.3 Å². The molecule has 0 bridgehead atoms. The van der Waals surface area contributed by atoms with Crippen molar-refractivity contribution >= 4 is 5.91 Å². The molecule has 1 N–H and O–H groups in total. The van der Waals surface area contributed by atoms with Crippen LogP contribution in [0, 0.1) is 6.92 Å². The highest BCUT2D eigenvalue weighted by Gasteiger charge is 2.25. The summed E-state index contributed by atoms with van der Waals surface area (Å²) in [5, 5.41) is 7.79. The first-order chi connectivity index (χ1) is 12.7. The third kappa shape index (κ3) is 3.27. The Labute approximate surface area is 152 Å². The normalized spacial score (nSPS) is 14.7. The van der Waals surface area contributed by atoms with Crippen molar-refractivity contribution in [1.29, 1.82) is 0 Å². The maximum absolute atomic E-state index is 13.1. The number of nitrogens with one attached hydrogen (secondary N) is 1. The van der Waals surface area contributed by atoms with Crippen molar-refractivity contribution < 1.29 is 4.79 Å². The zero-order chi connectivity index (χ0) is 17.9. The first-order valence-corrected chi connectivity index (χ1v) is 9.10. The molecule has 1 aliphatic heterocycles. The van der Waals surface area contributed by atoms with Gasteiger partial charge in [0.1, 0.15) is 0 Å². The Morgan fingerprint density at radius 1 is 1.27 bits per heavy atom. The van der Waals surface area contributed by atoms with E-state index in [1.807, 2.05) is 52.7 Å². The molecule has 2 aromatic heterocycles. The quantitative estimate of drug-likeness (QED) is 0.770. The maximum Gasteiger partial charge on any atom is 0.255 e. The second-order valence-electron chi connectivity index (χ2n) is 6.78. The summed E-state index contributed by atoms with van der Waals surface area (Å²) in [6.07, 6.45) is 8.60. The molecule has 6 nitrogen and oxygen atoms in total. The number of benzene rings is 1. The van der Waals surface area contributed by atoms with Crippen molar-refractivity contribution in [3.63, 3.8) is 0 Å². The fourth-order valence-corrected chi connectivity index (χ4v) is 3.67. The summed E-state index contributed by atoms with van der Waals surface area (Å²) in [7, 11) is 0. The van der Waals surface area contributed by atoms with Crippen molar-refractivity contribution in [2.45, 2.75) is 45.3 Å². The van der Waals surface area contributed by atoms with Gasteiger partial charge >= 0.3 is 0 Å². The van der Waals surface area contributed by atoms with Gasteiger partial charge in [0.15, 0.2) is 0 Å². The number of hydrogen-bond acceptors (Lipinski definition) is 3. The van der Waals surface area contributed by atoms with E-state index >= 15 is 0 Å². The highest BCUT2D eigenvalue weighted by molar-refractivity contribution is 5.96. The molecule has 0 fully saturated rings. The first-order valence-electron chi connectivity index (χ1n) is 9.10. The smallest absolute Gasteiger partial charge is 0.255 e. The molecule has 1 amide bonds. The molecule has 1 atom stereocenters. The summed E-state index contributed by atoms with van der Waals surface area (Å²) in [5.74, 6) is -0.0420. The summed E-state index contributed by atoms with van der Waals surface area (Å²) < 4.78 is 3.99. The molecule has 3 aromatic rings. The number of aromatic nitrogens is 4. The van der Waals surface area contributed by atoms with Gasteiger partial charge in [-0.1, -0.05) is 30.3 Å². The van der Waals surface area contributed by atoms with Crippen LogP contribution in [0.3, 0.4) is 0 Å². The van der Waals surface area contributed by atoms with E-state index in [0.29, 0.717) is 6.54 Å². The Kier molecular flexibility index (Phi) is 4.56. The lowest BCUT2D eigenvalue weighted by Crippen LogP contribution is -2.32. The molecular weight excluding hydrogens is 326 g/mol. The van der Waals surface area contributed by atoms with Crippen LogP contribution in [0.25, 0.3) is 0 Å². The van der Waals surface area contributed by atoms with Gasteiger partial charge in [-0.15, -0.1) is 0 Å². The number of hydrogen-bond donors (Lipinski definition) is 1. The predicted octanol–water partition coefficient (Wildman–Crippen LogP) is 2.90. The third-order valence-corrected chi connectivity index (χ3v) is 4.95. The van der Waals surface area contributed by atoms with E-state index in [9.17, 15) is 4.79 Å². The monoisotopic (exact) mass is 349 g/mol. The van der Waals surface area contributed by atoms with E-state index in [1.54, 1.807) is 12.5 Å². The Morgan fingerprint density at radius 3 is 2.88 bits per heavy atom. The average Bonchev–Trinajstić information content (AvgIpc) is 3.28. The van der Waals surface area contributed by atoms with Crippen LogP contribution >= 0.6 is 0 Å². The van der Waals surface area contributed by atoms with Gasteiger partial charge in [0, 0.05) is 25.5 Å². The highest BCUT2D eigenvalue weighted by atomic mass is 16.1. The second kappa shape index (κ2) is 7.15. The molecule has 4 rings (SSSR count). The van der Waals surface area contributed by atoms with Crippen LogP contribution in [0.15, 0.2) is 49.1 Å². The van der Waals surface area contributed by atoms with Crippen LogP contribution in [0.4, 0.5) is 0 Å². The number of carbonyl (C=O) groups is 1. The number of amides is 1. The summed E-state index contributed by atoms with van der Waals surface area (Å²) in [6, 6.07) is 9.93. The van der Waals surface area contributed by atoms with Gasteiger partial charge in [-0.2, -0.15) is 5.10 Å². The van der Waals surface area contributed by atoms with Crippen molar-refractivity contribution in [2.24, 2.45) is 0 Å². The van der Waals surface area contributed by atoms with Crippen LogP contribution in [0.1, 0.15) is 46.2 Å². The zero-order valence-corrected chi connectivity index (χ0v) is 14.9. The molecule has 3 heterocycles. The van der Waals surface area contributed by atoms with Gasteiger partial charge in [-0.25, -0.2) is 4.98 Å². The lowest BCUT2D eigenvalue weighted by atomic mass is 10.0. The van der Waals surface area contributed by atoms with Crippen LogP contribution < -0.4 is 5.32 Å². The molecular formula is C20H23N5O. The van der Waals surface area contributed by atoms with Crippen molar-refractivity contribution in [1.82, 2.24) is 24.6 Å². The van der Waals surface area contributed by atoms with Crippen molar-refractivity contribution in [2.75, 3.05) is 0 Å². The first kappa shape index (κ1) is 16.6. The molecule has 1 aromatic carbocycles. The number of aryl methyl sites for hydroxylation is 2. The molecule has 1 unspecified atom stereocenters. The van der Waals surface area contributed by atoms with Gasteiger partial charge in [0.05, 0.1) is 29.3 Å². The van der Waals surface area contributed by atoms with E-state index < -0.39 is 0 Å². The maximum atomic E-state index is 13.1. The fourth-order valence-electron chi connectivity index (χ4n) is 3.67. The molecule has 0 saturated carbocycles. The fraction of sp³-hybridized carbons (Fsp3) is 0.350. The van der Waals surface area contributed by atoms with Crippen molar-refractivity contribution in [3.05, 3.63) is 71.6 Å². The minimum Gasteiger partial charge on any atom is -0.343 e. The molecule has 26 heavy (non-hydrogen) atoms. The summed E-state index contributed by atoms with van der Waals surface area (Å²) in [4.78, 5) is 17.2. The predicted molar refractivity (Wildman–Crippen MR) is 98.8 cm³/mol. The van der Waals surface area contributed by atoms with E-state index in [4.69, 9.17) is 0 Å². The van der Waals surface area contributed by atoms with Gasteiger partial charge in [-0.05, 0) is 31.7 Å². The van der Waals surface area contributed by atoms with Crippen LogP contribution in [-0.2, 0) is 19.5 Å². The van der Waals surface area contributed by atoms with Gasteiger partial charge in [-0.3, -0.25) is 9.48 Å². The van der Waals surface area contributed by atoms with Gasteiger partial charge < -0.3 is 9.88 Å². The topological polar surface area (TPSA) is 64.7 Å². The lowest BCUT2D eigenvalue weighted by molar-refractivity contribution is 0.0930. The van der Waals surface area contributed by atoms with Gasteiger partial charge in [0.25, 0.3) is 5.91 Å². The molecule has 0 saturated heterocycles. The van der Waals surface area contributed by atoms with Crippen molar-refractivity contribution in [3.8, 4) is 0 Å². The minimum atomic E-state index is -0.128.